The zero-order valence-corrected chi connectivity index (χ0v) is 14.1. The van der Waals surface area contributed by atoms with Gasteiger partial charge in [0.25, 0.3) is 0 Å². The highest BCUT2D eigenvalue weighted by Gasteiger charge is 2.39. The Labute approximate surface area is 141 Å². The molecule has 2 aliphatic heterocycles. The SMILES string of the molecule is CC[C@H]1CN2CCC[C@H]2CN1C(=O)C(=O)Nc1ncc(OC)cn1. The van der Waals surface area contributed by atoms with E-state index in [0.29, 0.717) is 18.3 Å². The van der Waals surface area contributed by atoms with Crippen LogP contribution in [-0.2, 0) is 9.59 Å². The first-order valence-corrected chi connectivity index (χ1v) is 8.34. The number of rotatable bonds is 3. The second-order valence-electron chi connectivity index (χ2n) is 6.21. The van der Waals surface area contributed by atoms with E-state index in [1.54, 1.807) is 4.90 Å². The molecule has 3 heterocycles. The normalized spacial score (nSPS) is 23.7. The molecule has 1 aromatic heterocycles. The van der Waals surface area contributed by atoms with E-state index in [-0.39, 0.29) is 12.0 Å². The first-order valence-electron chi connectivity index (χ1n) is 8.34. The number of aromatic nitrogens is 2. The number of methoxy groups -OCH3 is 1. The lowest BCUT2D eigenvalue weighted by molar-refractivity contribution is -0.147. The smallest absolute Gasteiger partial charge is 0.316 e. The van der Waals surface area contributed by atoms with Crippen molar-refractivity contribution in [3.8, 4) is 5.75 Å². The van der Waals surface area contributed by atoms with Gasteiger partial charge in [-0.3, -0.25) is 19.8 Å². The van der Waals surface area contributed by atoms with Crippen LogP contribution >= 0.6 is 0 Å². The first kappa shape index (κ1) is 16.6. The Bertz CT molecular complexity index is 606. The summed E-state index contributed by atoms with van der Waals surface area (Å²) >= 11 is 0. The van der Waals surface area contributed by atoms with Gasteiger partial charge >= 0.3 is 11.8 Å². The molecule has 0 unspecified atom stereocenters. The molecule has 8 nitrogen and oxygen atoms in total. The molecule has 2 amide bonds. The summed E-state index contributed by atoms with van der Waals surface area (Å²) in [4.78, 5) is 37.0. The summed E-state index contributed by atoms with van der Waals surface area (Å²) in [7, 11) is 1.51. The van der Waals surface area contributed by atoms with E-state index >= 15 is 0 Å². The average Bonchev–Trinajstić information content (AvgIpc) is 3.07. The fourth-order valence-electron chi connectivity index (χ4n) is 3.46. The lowest BCUT2D eigenvalue weighted by Crippen LogP contribution is -2.59. The summed E-state index contributed by atoms with van der Waals surface area (Å²) in [5.41, 5.74) is 0. The molecule has 0 spiro atoms. The number of fused-ring (bicyclic) bond motifs is 1. The molecule has 130 valence electrons. The molecule has 8 heteroatoms. The fourth-order valence-corrected chi connectivity index (χ4v) is 3.46. The van der Waals surface area contributed by atoms with E-state index in [1.165, 1.54) is 19.5 Å². The summed E-state index contributed by atoms with van der Waals surface area (Å²) in [5.74, 6) is -0.609. The van der Waals surface area contributed by atoms with Gasteiger partial charge in [0, 0.05) is 25.2 Å². The van der Waals surface area contributed by atoms with Crippen LogP contribution in [0.15, 0.2) is 12.4 Å². The fraction of sp³-hybridized carbons (Fsp3) is 0.625. The van der Waals surface area contributed by atoms with Gasteiger partial charge in [-0.05, 0) is 25.8 Å². The molecule has 2 atom stereocenters. The molecule has 1 N–H and O–H groups in total. The third kappa shape index (κ3) is 3.33. The number of carbonyl (C=O) groups excluding carboxylic acids is 2. The highest BCUT2D eigenvalue weighted by atomic mass is 16.5. The van der Waals surface area contributed by atoms with E-state index in [2.05, 4.69) is 20.2 Å². The van der Waals surface area contributed by atoms with Gasteiger partial charge in [0.2, 0.25) is 5.95 Å². The Kier molecular flexibility index (Phi) is 4.94. The van der Waals surface area contributed by atoms with Crippen molar-refractivity contribution in [2.45, 2.75) is 38.3 Å². The van der Waals surface area contributed by atoms with Gasteiger partial charge in [-0.15, -0.1) is 0 Å². The molecule has 24 heavy (non-hydrogen) atoms. The van der Waals surface area contributed by atoms with Crippen LogP contribution in [0.4, 0.5) is 5.95 Å². The second-order valence-corrected chi connectivity index (χ2v) is 6.21. The van der Waals surface area contributed by atoms with Gasteiger partial charge in [0.05, 0.1) is 19.5 Å². The van der Waals surface area contributed by atoms with Crippen LogP contribution in [0.2, 0.25) is 0 Å². The minimum Gasteiger partial charge on any atom is -0.494 e. The second kappa shape index (κ2) is 7.12. The van der Waals surface area contributed by atoms with Gasteiger partial charge in [-0.2, -0.15) is 0 Å². The van der Waals surface area contributed by atoms with Crippen molar-refractivity contribution < 1.29 is 14.3 Å². The molecule has 3 rings (SSSR count). The van der Waals surface area contributed by atoms with Gasteiger partial charge in [-0.25, -0.2) is 9.97 Å². The van der Waals surface area contributed by atoms with Crippen molar-refractivity contribution in [1.82, 2.24) is 19.8 Å². The molecule has 0 saturated carbocycles. The topological polar surface area (TPSA) is 87.7 Å². The van der Waals surface area contributed by atoms with Crippen LogP contribution in [0.1, 0.15) is 26.2 Å². The number of hydrogen-bond acceptors (Lipinski definition) is 6. The Balaban J connectivity index is 1.66. The molecule has 0 radical (unpaired) electrons. The van der Waals surface area contributed by atoms with Gasteiger partial charge in [-0.1, -0.05) is 6.92 Å². The standard InChI is InChI=1S/C16H23N5O3/c1-3-11-9-20-6-4-5-12(20)10-21(11)15(23)14(22)19-16-17-7-13(24-2)8-18-16/h7-8,11-12H,3-6,9-10H2,1-2H3,(H,17,18,19,22)/t11-,12-/m0/s1. The number of piperazine rings is 1. The molecular weight excluding hydrogens is 310 g/mol. The lowest BCUT2D eigenvalue weighted by Gasteiger charge is -2.43. The van der Waals surface area contributed by atoms with E-state index in [1.807, 2.05) is 6.92 Å². The van der Waals surface area contributed by atoms with Crippen molar-refractivity contribution in [3.05, 3.63) is 12.4 Å². The highest BCUT2D eigenvalue weighted by Crippen LogP contribution is 2.26. The van der Waals surface area contributed by atoms with Crippen LogP contribution in [0.3, 0.4) is 0 Å². The zero-order valence-electron chi connectivity index (χ0n) is 14.1. The average molecular weight is 333 g/mol. The molecule has 1 aromatic rings. The maximum Gasteiger partial charge on any atom is 0.316 e. The minimum atomic E-state index is -0.690. The molecule has 0 bridgehead atoms. The minimum absolute atomic E-state index is 0.0781. The summed E-state index contributed by atoms with van der Waals surface area (Å²) < 4.78 is 4.97. The number of hydrogen-bond donors (Lipinski definition) is 1. The molecular formula is C16H23N5O3. The van der Waals surface area contributed by atoms with E-state index in [4.69, 9.17) is 4.74 Å². The Morgan fingerprint density at radius 2 is 2.08 bits per heavy atom. The monoisotopic (exact) mass is 333 g/mol. The number of amides is 2. The third-order valence-electron chi connectivity index (χ3n) is 4.81. The Hall–Kier alpha value is -2.22. The van der Waals surface area contributed by atoms with Gasteiger partial charge < -0.3 is 9.64 Å². The largest absolute Gasteiger partial charge is 0.494 e. The van der Waals surface area contributed by atoms with Crippen LogP contribution < -0.4 is 10.1 Å². The summed E-state index contributed by atoms with van der Waals surface area (Å²) in [6.07, 6.45) is 5.97. The molecule has 2 fully saturated rings. The van der Waals surface area contributed by atoms with E-state index in [0.717, 1.165) is 32.4 Å². The summed E-state index contributed by atoms with van der Waals surface area (Å²) in [6, 6.07) is 0.455. The number of nitrogens with zero attached hydrogens (tertiary/aromatic N) is 4. The lowest BCUT2D eigenvalue weighted by atomic mass is 10.0. The van der Waals surface area contributed by atoms with Crippen molar-refractivity contribution >= 4 is 17.8 Å². The zero-order chi connectivity index (χ0) is 17.1. The highest BCUT2D eigenvalue weighted by molar-refractivity contribution is 6.39. The van der Waals surface area contributed by atoms with Crippen LogP contribution in [0.5, 0.6) is 5.75 Å². The number of carbonyl (C=O) groups is 2. The maximum atomic E-state index is 12.6. The van der Waals surface area contributed by atoms with Crippen LogP contribution in [0, 0.1) is 0 Å². The van der Waals surface area contributed by atoms with Crippen molar-refractivity contribution in [1.29, 1.82) is 0 Å². The molecule has 2 aliphatic rings. The number of nitrogens with one attached hydrogen (secondary N) is 1. The predicted octanol–water partition coefficient (Wildman–Crippen LogP) is 0.509. The quantitative estimate of drug-likeness (QED) is 0.811. The predicted molar refractivity (Wildman–Crippen MR) is 87.6 cm³/mol. The molecule has 2 saturated heterocycles. The third-order valence-corrected chi connectivity index (χ3v) is 4.81. The summed E-state index contributed by atoms with van der Waals surface area (Å²) in [5, 5.41) is 2.47. The Morgan fingerprint density at radius 1 is 1.33 bits per heavy atom. The van der Waals surface area contributed by atoms with Crippen molar-refractivity contribution in [2.75, 3.05) is 32.1 Å². The Morgan fingerprint density at radius 3 is 2.75 bits per heavy atom. The van der Waals surface area contributed by atoms with Crippen molar-refractivity contribution in [2.24, 2.45) is 0 Å². The van der Waals surface area contributed by atoms with Gasteiger partial charge in [0.15, 0.2) is 5.75 Å². The maximum absolute atomic E-state index is 12.6. The van der Waals surface area contributed by atoms with Gasteiger partial charge in [0.1, 0.15) is 0 Å². The van der Waals surface area contributed by atoms with Crippen molar-refractivity contribution in [3.63, 3.8) is 0 Å². The van der Waals surface area contributed by atoms with E-state index < -0.39 is 11.8 Å². The van der Waals surface area contributed by atoms with Crippen LogP contribution in [0.25, 0.3) is 0 Å². The van der Waals surface area contributed by atoms with Crippen LogP contribution in [-0.4, -0.2) is 70.4 Å². The first-order chi connectivity index (χ1) is 11.6. The molecule has 0 aliphatic carbocycles. The van der Waals surface area contributed by atoms with E-state index in [9.17, 15) is 9.59 Å². The summed E-state index contributed by atoms with van der Waals surface area (Å²) in [6.45, 7) is 4.61. The number of ether oxygens (including phenoxy) is 1. The number of anilines is 1. The molecule has 0 aromatic carbocycles.